The van der Waals surface area contributed by atoms with E-state index in [9.17, 15) is 24.3 Å². The number of hydrogen-bond acceptors (Lipinski definition) is 8. The molecule has 5 N–H and O–H groups in total. The molecule has 0 aliphatic carbocycles. The molecule has 1 heterocycles. The van der Waals surface area contributed by atoms with Gasteiger partial charge in [-0.15, -0.1) is 13.2 Å². The Morgan fingerprint density at radius 2 is 1.55 bits per heavy atom. The zero-order valence-electron chi connectivity index (χ0n) is 33.1. The zero-order valence-corrected chi connectivity index (χ0v) is 33.1. The summed E-state index contributed by atoms with van der Waals surface area (Å²) in [5, 5.41) is 22.1. The predicted octanol–water partition coefficient (Wildman–Crippen LogP) is 5.28. The molecule has 1 aromatic heterocycles. The standard InChI is InChI=1S/C43H58N6O6/c1-9-13-31-15-17-32(18-16-31)27-43(54,40(52)46-36(30(3)4)38(50)45-24-10-2)23-12-26-49(48-39(51)37(42(5,6)7)47-41(53)55-8)29-33-19-21-34(22-20-33)35-14-11-25-44-28-35/h9-11,14-22,25,28,30,36-37,54H,1-2,12-13,23-24,26-27,29H2,3-8H3,(H,45,50)(H,46,52)(H,47,53)(H,48,51)/t36-,37+,43+/m0/s1. The first-order valence-corrected chi connectivity index (χ1v) is 18.6. The van der Waals surface area contributed by atoms with Gasteiger partial charge in [-0.05, 0) is 64.5 Å². The molecule has 3 aromatic rings. The molecule has 0 fully saturated rings. The van der Waals surface area contributed by atoms with Gasteiger partial charge in [0.15, 0.2) is 0 Å². The summed E-state index contributed by atoms with van der Waals surface area (Å²) in [6.07, 6.45) is 7.06. The average Bonchev–Trinajstić information content (AvgIpc) is 3.15. The highest BCUT2D eigenvalue weighted by Crippen LogP contribution is 2.24. The molecular formula is C43H58N6O6. The van der Waals surface area contributed by atoms with E-state index in [-0.39, 0.29) is 50.7 Å². The number of carbonyl (C=O) groups is 4. The van der Waals surface area contributed by atoms with Gasteiger partial charge < -0.3 is 25.8 Å². The summed E-state index contributed by atoms with van der Waals surface area (Å²) in [6, 6.07) is 17.5. The minimum atomic E-state index is -1.91. The van der Waals surface area contributed by atoms with Gasteiger partial charge in [0.05, 0.1) is 7.11 Å². The minimum Gasteiger partial charge on any atom is -0.453 e. The van der Waals surface area contributed by atoms with E-state index in [1.165, 1.54) is 7.11 Å². The number of alkyl carbamates (subject to hydrolysis) is 1. The molecule has 4 amide bonds. The number of hydrazine groups is 1. The van der Waals surface area contributed by atoms with Crippen molar-refractivity contribution in [1.82, 2.24) is 31.4 Å². The normalized spacial score (nSPS) is 13.5. The number of benzene rings is 2. The minimum absolute atomic E-state index is 0.00175. The summed E-state index contributed by atoms with van der Waals surface area (Å²) < 4.78 is 4.80. The van der Waals surface area contributed by atoms with Gasteiger partial charge in [-0.2, -0.15) is 0 Å². The second-order valence-corrected chi connectivity index (χ2v) is 15.1. The van der Waals surface area contributed by atoms with Crippen molar-refractivity contribution in [3.8, 4) is 11.1 Å². The van der Waals surface area contributed by atoms with Crippen molar-refractivity contribution in [3.05, 3.63) is 115 Å². The molecule has 0 radical (unpaired) electrons. The Balaban J connectivity index is 1.91. The number of methoxy groups -OCH3 is 1. The molecular weight excluding hydrogens is 697 g/mol. The molecule has 2 aromatic carbocycles. The molecule has 55 heavy (non-hydrogen) atoms. The van der Waals surface area contributed by atoms with E-state index in [1.54, 1.807) is 29.6 Å². The first-order chi connectivity index (χ1) is 26.1. The Hall–Kier alpha value is -5.33. The maximum absolute atomic E-state index is 14.0. The van der Waals surface area contributed by atoms with Crippen molar-refractivity contribution in [3.63, 3.8) is 0 Å². The lowest BCUT2D eigenvalue weighted by Gasteiger charge is -2.34. The summed E-state index contributed by atoms with van der Waals surface area (Å²) in [6.45, 7) is 17.3. The van der Waals surface area contributed by atoms with Crippen molar-refractivity contribution >= 4 is 23.8 Å². The van der Waals surface area contributed by atoms with E-state index >= 15 is 0 Å². The lowest BCUT2D eigenvalue weighted by molar-refractivity contribution is -0.144. The SMILES string of the molecule is C=CCNC(=O)[C@@H](NC(=O)[C@@](O)(CCCN(Cc1ccc(-c2cccnc2)cc1)NC(=O)[C@@H](NC(=O)OC)C(C)(C)C)Cc1ccc(CC=C)cc1)C(C)C. The highest BCUT2D eigenvalue weighted by atomic mass is 16.5. The molecule has 12 heteroatoms. The number of hydrogen-bond donors (Lipinski definition) is 5. The molecule has 0 bridgehead atoms. The molecule has 12 nitrogen and oxygen atoms in total. The number of rotatable bonds is 20. The molecule has 3 atom stereocenters. The molecule has 0 spiro atoms. The van der Waals surface area contributed by atoms with Gasteiger partial charge in [-0.25, -0.2) is 9.80 Å². The lowest BCUT2D eigenvalue weighted by atomic mass is 9.86. The maximum Gasteiger partial charge on any atom is 0.407 e. The van der Waals surface area contributed by atoms with Gasteiger partial charge in [0, 0.05) is 38.4 Å². The van der Waals surface area contributed by atoms with E-state index in [0.717, 1.165) is 27.8 Å². The van der Waals surface area contributed by atoms with Crippen LogP contribution in [0.5, 0.6) is 0 Å². The largest absolute Gasteiger partial charge is 0.453 e. The summed E-state index contributed by atoms with van der Waals surface area (Å²) in [5.41, 5.74) is 5.01. The van der Waals surface area contributed by atoms with Crippen molar-refractivity contribution in [2.45, 2.75) is 84.5 Å². The van der Waals surface area contributed by atoms with Crippen molar-refractivity contribution in [1.29, 1.82) is 0 Å². The van der Waals surface area contributed by atoms with Crippen LogP contribution < -0.4 is 21.4 Å². The van der Waals surface area contributed by atoms with Crippen LogP contribution in [0.25, 0.3) is 11.1 Å². The average molecular weight is 755 g/mol. The van der Waals surface area contributed by atoms with Gasteiger partial charge in [-0.3, -0.25) is 24.8 Å². The van der Waals surface area contributed by atoms with E-state index < -0.39 is 41.0 Å². The van der Waals surface area contributed by atoms with Gasteiger partial charge in [0.25, 0.3) is 11.8 Å². The molecule has 296 valence electrons. The fourth-order valence-electron chi connectivity index (χ4n) is 6.04. The first-order valence-electron chi connectivity index (χ1n) is 18.6. The highest BCUT2D eigenvalue weighted by Gasteiger charge is 2.39. The Kier molecular flexibility index (Phi) is 16.8. The highest BCUT2D eigenvalue weighted by molar-refractivity contribution is 5.91. The second-order valence-electron chi connectivity index (χ2n) is 15.1. The number of aliphatic hydroxyl groups is 1. The molecule has 0 unspecified atom stereocenters. The predicted molar refractivity (Wildman–Crippen MR) is 215 cm³/mol. The van der Waals surface area contributed by atoms with Crippen LogP contribution in [-0.4, -0.2) is 76.8 Å². The number of carbonyl (C=O) groups excluding carboxylic acids is 4. The molecule has 3 rings (SSSR count). The Morgan fingerprint density at radius 3 is 2.11 bits per heavy atom. The third kappa shape index (κ3) is 13.8. The molecule has 0 saturated carbocycles. The van der Waals surface area contributed by atoms with Gasteiger partial charge in [0.2, 0.25) is 5.91 Å². The number of nitrogens with one attached hydrogen (secondary N) is 4. The third-order valence-electron chi connectivity index (χ3n) is 9.16. The molecule has 0 aliphatic rings. The smallest absolute Gasteiger partial charge is 0.407 e. The fourth-order valence-corrected chi connectivity index (χ4v) is 6.04. The fraction of sp³-hybridized carbons (Fsp3) is 0.419. The number of nitrogens with zero attached hydrogens (tertiary/aromatic N) is 2. The van der Waals surface area contributed by atoms with Gasteiger partial charge in [0.1, 0.15) is 17.7 Å². The van der Waals surface area contributed by atoms with Crippen molar-refractivity contribution < 1.29 is 29.0 Å². The van der Waals surface area contributed by atoms with E-state index in [0.29, 0.717) is 6.42 Å². The van der Waals surface area contributed by atoms with Crippen LogP contribution in [0.1, 0.15) is 64.2 Å². The number of ether oxygens (including phenoxy) is 1. The van der Waals surface area contributed by atoms with Crippen LogP contribution >= 0.6 is 0 Å². The number of amides is 4. The number of aromatic nitrogens is 1. The Morgan fingerprint density at radius 1 is 0.891 bits per heavy atom. The van der Waals surface area contributed by atoms with Crippen LogP contribution in [0.2, 0.25) is 0 Å². The lowest BCUT2D eigenvalue weighted by Crippen LogP contribution is -2.58. The summed E-state index contributed by atoms with van der Waals surface area (Å²) >= 11 is 0. The van der Waals surface area contributed by atoms with Gasteiger partial charge >= 0.3 is 6.09 Å². The Bertz CT molecular complexity index is 1720. The molecule has 0 saturated heterocycles. The summed E-state index contributed by atoms with van der Waals surface area (Å²) in [7, 11) is 1.23. The van der Waals surface area contributed by atoms with Gasteiger partial charge in [-0.1, -0.05) is 101 Å². The third-order valence-corrected chi connectivity index (χ3v) is 9.16. The van der Waals surface area contributed by atoms with Crippen LogP contribution in [0.3, 0.4) is 0 Å². The topological polar surface area (TPSA) is 162 Å². The van der Waals surface area contributed by atoms with E-state index in [1.807, 2.05) is 95.3 Å². The maximum atomic E-state index is 14.0. The Labute approximate surface area is 325 Å². The quantitative estimate of drug-likeness (QED) is 0.0770. The van der Waals surface area contributed by atoms with Crippen LogP contribution in [0.4, 0.5) is 4.79 Å². The van der Waals surface area contributed by atoms with Crippen LogP contribution in [0, 0.1) is 11.3 Å². The van der Waals surface area contributed by atoms with E-state index in [4.69, 9.17) is 4.74 Å². The van der Waals surface area contributed by atoms with Crippen molar-refractivity contribution in [2.24, 2.45) is 11.3 Å². The van der Waals surface area contributed by atoms with E-state index in [2.05, 4.69) is 39.5 Å². The number of allylic oxidation sites excluding steroid dienone is 1. The van der Waals surface area contributed by atoms with Crippen molar-refractivity contribution in [2.75, 3.05) is 20.2 Å². The summed E-state index contributed by atoms with van der Waals surface area (Å²) in [5.74, 6) is -1.77. The zero-order chi connectivity index (χ0) is 40.6. The summed E-state index contributed by atoms with van der Waals surface area (Å²) in [4.78, 5) is 57.3. The second kappa shape index (κ2) is 20.9. The monoisotopic (exact) mass is 754 g/mol. The number of pyridine rings is 1. The first kappa shape index (κ1) is 44.1. The molecule has 0 aliphatic heterocycles. The van der Waals surface area contributed by atoms with Crippen LogP contribution in [0.15, 0.2) is 98.4 Å². The van der Waals surface area contributed by atoms with Crippen LogP contribution in [-0.2, 0) is 38.5 Å².